The van der Waals surface area contributed by atoms with Crippen LogP contribution in [0.5, 0.6) is 0 Å². The van der Waals surface area contributed by atoms with Gasteiger partial charge in [-0.25, -0.2) is 4.98 Å². The first-order chi connectivity index (χ1) is 12.4. The molecule has 4 nitrogen and oxygen atoms in total. The Labute approximate surface area is 153 Å². The van der Waals surface area contributed by atoms with Crippen molar-refractivity contribution < 1.29 is 27.1 Å². The van der Waals surface area contributed by atoms with Crippen LogP contribution in [-0.2, 0) is 16.1 Å². The van der Waals surface area contributed by atoms with Gasteiger partial charge in [-0.1, -0.05) is 36.6 Å². The van der Waals surface area contributed by atoms with Crippen molar-refractivity contribution in [2.45, 2.75) is 38.5 Å². The Balaban J connectivity index is 1.64. The molecule has 1 aliphatic carbocycles. The number of esters is 1. The third-order valence-electron chi connectivity index (χ3n) is 4.51. The van der Waals surface area contributed by atoms with Crippen molar-refractivity contribution in [3.05, 3.63) is 41.2 Å². The van der Waals surface area contributed by atoms with Crippen LogP contribution in [0.4, 0.5) is 13.2 Å². The quantitative estimate of drug-likeness (QED) is 0.658. The largest absolute Gasteiger partial charge is 0.459 e. The molecule has 1 aliphatic rings. The summed E-state index contributed by atoms with van der Waals surface area (Å²) in [4.78, 5) is 16.3. The molecule has 2 aromatic rings. The molecule has 0 aliphatic heterocycles. The average Bonchev–Trinajstić information content (AvgIpc) is 3.08. The molecule has 0 radical (unpaired) electrons. The van der Waals surface area contributed by atoms with Gasteiger partial charge in [0, 0.05) is 0 Å². The number of carbonyl (C=O) groups is 1. The third kappa shape index (κ3) is 4.20. The van der Waals surface area contributed by atoms with E-state index in [9.17, 15) is 18.0 Å². The zero-order valence-corrected chi connectivity index (χ0v) is 14.5. The Morgan fingerprint density at radius 2 is 2.00 bits per heavy atom. The van der Waals surface area contributed by atoms with E-state index in [1.54, 1.807) is 24.3 Å². The second kappa shape index (κ2) is 7.70. The summed E-state index contributed by atoms with van der Waals surface area (Å²) in [6.07, 6.45) is -1.88. The molecule has 0 unspecified atom stereocenters. The minimum absolute atomic E-state index is 0.0378. The topological polar surface area (TPSA) is 52.3 Å². The highest BCUT2D eigenvalue weighted by Crippen LogP contribution is 2.42. The lowest BCUT2D eigenvalue weighted by molar-refractivity contribution is -0.205. The van der Waals surface area contributed by atoms with Gasteiger partial charge < -0.3 is 9.15 Å². The van der Waals surface area contributed by atoms with Crippen LogP contribution in [0.1, 0.15) is 31.4 Å². The molecule has 8 heteroatoms. The van der Waals surface area contributed by atoms with E-state index < -0.39 is 24.0 Å². The Morgan fingerprint density at radius 1 is 1.27 bits per heavy atom. The van der Waals surface area contributed by atoms with Crippen molar-refractivity contribution >= 4 is 17.6 Å². The summed E-state index contributed by atoms with van der Waals surface area (Å²) in [6.45, 7) is -0.242. The maximum atomic E-state index is 13.1. The molecule has 1 aromatic heterocycles. The molecule has 1 saturated carbocycles. The summed E-state index contributed by atoms with van der Waals surface area (Å²) in [5, 5.41) is 0.452. The summed E-state index contributed by atoms with van der Waals surface area (Å²) >= 11 is 6.06. The number of hydrogen-bond acceptors (Lipinski definition) is 4. The molecule has 3 rings (SSSR count). The van der Waals surface area contributed by atoms with Gasteiger partial charge in [-0.2, -0.15) is 13.2 Å². The molecule has 26 heavy (non-hydrogen) atoms. The van der Waals surface area contributed by atoms with Crippen LogP contribution in [0, 0.1) is 11.8 Å². The first-order valence-electron chi connectivity index (χ1n) is 8.29. The smallest absolute Gasteiger partial charge is 0.392 e. The highest BCUT2D eigenvalue weighted by atomic mass is 35.5. The summed E-state index contributed by atoms with van der Waals surface area (Å²) in [7, 11) is 0. The number of carbonyl (C=O) groups excluding carboxylic acids is 1. The van der Waals surface area contributed by atoms with Crippen LogP contribution >= 0.6 is 11.6 Å². The summed E-state index contributed by atoms with van der Waals surface area (Å²) in [5.74, 6) is -3.37. The lowest BCUT2D eigenvalue weighted by Gasteiger charge is -2.31. The molecule has 1 heterocycles. The van der Waals surface area contributed by atoms with E-state index in [4.69, 9.17) is 20.8 Å². The lowest BCUT2D eigenvalue weighted by Crippen LogP contribution is -2.38. The predicted octanol–water partition coefficient (Wildman–Crippen LogP) is 5.41. The van der Waals surface area contributed by atoms with E-state index in [2.05, 4.69) is 4.98 Å². The summed E-state index contributed by atoms with van der Waals surface area (Å²) < 4.78 is 49.7. The van der Waals surface area contributed by atoms with E-state index in [0.717, 1.165) is 0 Å². The van der Waals surface area contributed by atoms with E-state index >= 15 is 0 Å². The molecule has 2 atom stereocenters. The number of alkyl halides is 3. The Kier molecular flexibility index (Phi) is 5.55. The number of rotatable bonds is 4. The van der Waals surface area contributed by atoms with E-state index in [1.165, 1.54) is 6.26 Å². The number of benzene rings is 1. The van der Waals surface area contributed by atoms with Crippen LogP contribution in [-0.4, -0.2) is 17.1 Å². The summed E-state index contributed by atoms with van der Waals surface area (Å²) in [6, 6.07) is 6.94. The van der Waals surface area contributed by atoms with Gasteiger partial charge in [0.15, 0.2) is 0 Å². The van der Waals surface area contributed by atoms with E-state index in [0.29, 0.717) is 29.1 Å². The van der Waals surface area contributed by atoms with Gasteiger partial charge in [-0.3, -0.25) is 4.79 Å². The Hall–Kier alpha value is -2.02. The van der Waals surface area contributed by atoms with Crippen molar-refractivity contribution in [3.63, 3.8) is 0 Å². The van der Waals surface area contributed by atoms with Gasteiger partial charge in [0.2, 0.25) is 5.89 Å². The highest BCUT2D eigenvalue weighted by Gasteiger charge is 2.48. The number of aromatic nitrogens is 1. The third-order valence-corrected chi connectivity index (χ3v) is 4.84. The van der Waals surface area contributed by atoms with Crippen LogP contribution in [0.2, 0.25) is 5.02 Å². The second-order valence-corrected chi connectivity index (χ2v) is 6.68. The molecule has 0 bridgehead atoms. The normalized spacial score (nSPS) is 20.8. The number of oxazole rings is 1. The Bertz CT molecular complexity index is 775. The van der Waals surface area contributed by atoms with Crippen LogP contribution in [0.3, 0.4) is 0 Å². The minimum atomic E-state index is -4.39. The van der Waals surface area contributed by atoms with E-state index in [1.807, 2.05) is 0 Å². The molecule has 0 N–H and O–H groups in total. The predicted molar refractivity (Wildman–Crippen MR) is 88.2 cm³/mol. The molecular formula is C18H17ClF3NO3. The van der Waals surface area contributed by atoms with Gasteiger partial charge >= 0.3 is 12.1 Å². The molecular weight excluding hydrogens is 371 g/mol. The highest BCUT2D eigenvalue weighted by molar-refractivity contribution is 6.33. The monoisotopic (exact) mass is 387 g/mol. The van der Waals surface area contributed by atoms with Gasteiger partial charge in [-0.05, 0) is 25.0 Å². The summed E-state index contributed by atoms with van der Waals surface area (Å²) in [5.41, 5.74) is 0.892. The maximum absolute atomic E-state index is 13.1. The number of halogens is 4. The van der Waals surface area contributed by atoms with Crippen molar-refractivity contribution in [2.24, 2.45) is 11.8 Å². The first-order valence-corrected chi connectivity index (χ1v) is 8.66. The second-order valence-electron chi connectivity index (χ2n) is 6.27. The number of ether oxygens (including phenoxy) is 1. The van der Waals surface area contributed by atoms with E-state index in [-0.39, 0.29) is 25.3 Å². The molecule has 1 fully saturated rings. The van der Waals surface area contributed by atoms with Gasteiger partial charge in [0.25, 0.3) is 0 Å². The fraction of sp³-hybridized carbons (Fsp3) is 0.444. The molecule has 1 aromatic carbocycles. The first kappa shape index (κ1) is 18.8. The fourth-order valence-electron chi connectivity index (χ4n) is 3.19. The molecule has 0 amide bonds. The van der Waals surface area contributed by atoms with Crippen molar-refractivity contribution in [1.29, 1.82) is 0 Å². The van der Waals surface area contributed by atoms with Gasteiger partial charge in [0.05, 0.1) is 22.4 Å². The average molecular weight is 388 g/mol. The molecule has 0 spiro atoms. The lowest BCUT2D eigenvalue weighted by atomic mass is 9.79. The molecule has 0 saturated heterocycles. The SMILES string of the molecule is O=C(OCc1coc(-c2ccccc2Cl)n1)[C@@H]1CCCC[C@H]1C(F)(F)F. The standard InChI is InChI=1S/C18H17ClF3NO3/c19-15-8-4-2-6-13(15)16-23-11(9-25-16)10-26-17(24)12-5-1-3-7-14(12)18(20,21)22/h2,4,6,8-9,12,14H,1,3,5,7,10H2/t12-,14-/m1/s1. The maximum Gasteiger partial charge on any atom is 0.392 e. The van der Waals surface area contributed by atoms with Crippen molar-refractivity contribution in [2.75, 3.05) is 0 Å². The zero-order valence-electron chi connectivity index (χ0n) is 13.8. The number of nitrogens with zero attached hydrogens (tertiary/aromatic N) is 1. The van der Waals surface area contributed by atoms with Crippen molar-refractivity contribution in [1.82, 2.24) is 4.98 Å². The van der Waals surface area contributed by atoms with Crippen LogP contribution < -0.4 is 0 Å². The van der Waals surface area contributed by atoms with Gasteiger partial charge in [0.1, 0.15) is 18.6 Å². The van der Waals surface area contributed by atoms with Crippen LogP contribution in [0.15, 0.2) is 34.9 Å². The number of hydrogen-bond donors (Lipinski definition) is 0. The Morgan fingerprint density at radius 3 is 2.73 bits per heavy atom. The minimum Gasteiger partial charge on any atom is -0.459 e. The van der Waals surface area contributed by atoms with Gasteiger partial charge in [-0.15, -0.1) is 0 Å². The fourth-order valence-corrected chi connectivity index (χ4v) is 3.41. The molecule has 140 valence electrons. The zero-order chi connectivity index (χ0) is 18.7. The van der Waals surface area contributed by atoms with Crippen molar-refractivity contribution in [3.8, 4) is 11.5 Å². The van der Waals surface area contributed by atoms with Crippen LogP contribution in [0.25, 0.3) is 11.5 Å².